The number of nitrogens with two attached hydrogens (primary N) is 1. The Morgan fingerprint density at radius 2 is 1.65 bits per heavy atom. The van der Waals surface area contributed by atoms with Gasteiger partial charge in [-0.2, -0.15) is 4.98 Å². The van der Waals surface area contributed by atoms with E-state index in [9.17, 15) is 4.79 Å². The van der Waals surface area contributed by atoms with Gasteiger partial charge < -0.3 is 5.73 Å². The molecule has 23 heavy (non-hydrogen) atoms. The minimum Gasteiger partial charge on any atom is -0.383 e. The van der Waals surface area contributed by atoms with Crippen LogP contribution in [-0.2, 0) is 6.54 Å². The Balaban J connectivity index is 2.02. The number of aromatic nitrogens is 2. The van der Waals surface area contributed by atoms with Crippen LogP contribution >= 0.6 is 0 Å². The molecule has 4 heteroatoms. The molecular formula is C19H17N3O. The van der Waals surface area contributed by atoms with Gasteiger partial charge in [0.1, 0.15) is 5.82 Å². The summed E-state index contributed by atoms with van der Waals surface area (Å²) in [6.07, 6.45) is 3.75. The monoisotopic (exact) mass is 303 g/mol. The summed E-state index contributed by atoms with van der Waals surface area (Å²) >= 11 is 0. The van der Waals surface area contributed by atoms with Crippen LogP contribution < -0.4 is 11.4 Å². The Labute approximate surface area is 134 Å². The molecule has 2 aromatic carbocycles. The van der Waals surface area contributed by atoms with Gasteiger partial charge in [-0.3, -0.25) is 4.57 Å². The minimum atomic E-state index is -0.347. The largest absolute Gasteiger partial charge is 0.383 e. The van der Waals surface area contributed by atoms with Crippen LogP contribution in [-0.4, -0.2) is 9.55 Å². The number of nitrogens with zero attached hydrogens (tertiary/aromatic N) is 2. The summed E-state index contributed by atoms with van der Waals surface area (Å²) in [6.45, 7) is 0.436. The Hall–Kier alpha value is -3.14. The molecule has 0 saturated carbocycles. The van der Waals surface area contributed by atoms with Crippen LogP contribution in [0.5, 0.6) is 0 Å². The van der Waals surface area contributed by atoms with Crippen molar-refractivity contribution in [1.29, 1.82) is 0 Å². The highest BCUT2D eigenvalue weighted by atomic mass is 16.1. The highest BCUT2D eigenvalue weighted by Crippen LogP contribution is 2.19. The lowest BCUT2D eigenvalue weighted by Gasteiger charge is -2.11. The van der Waals surface area contributed by atoms with Crippen LogP contribution in [0.25, 0.3) is 11.6 Å². The van der Waals surface area contributed by atoms with Gasteiger partial charge in [-0.1, -0.05) is 60.7 Å². The fourth-order valence-corrected chi connectivity index (χ4v) is 2.37. The van der Waals surface area contributed by atoms with Crippen molar-refractivity contribution in [2.24, 2.45) is 0 Å². The van der Waals surface area contributed by atoms with Crippen LogP contribution in [0.3, 0.4) is 0 Å². The number of hydrogen-bond donors (Lipinski definition) is 1. The standard InChI is InChI=1S/C19H17N3O/c20-18-11-12-22(19(23)21-18)14-17(16-9-5-2-6-10-16)13-15-7-3-1-4-8-15/h1-13H,14H2,(H2,20,21,23). The van der Waals surface area contributed by atoms with Crippen molar-refractivity contribution >= 4 is 17.5 Å². The van der Waals surface area contributed by atoms with Crippen LogP contribution in [0, 0.1) is 0 Å². The summed E-state index contributed by atoms with van der Waals surface area (Å²) in [6, 6.07) is 21.7. The Kier molecular flexibility index (Phi) is 4.34. The van der Waals surface area contributed by atoms with Crippen molar-refractivity contribution in [3.8, 4) is 0 Å². The van der Waals surface area contributed by atoms with E-state index in [-0.39, 0.29) is 11.5 Å². The number of anilines is 1. The maximum absolute atomic E-state index is 12.0. The van der Waals surface area contributed by atoms with Gasteiger partial charge >= 0.3 is 5.69 Å². The van der Waals surface area contributed by atoms with Crippen molar-refractivity contribution in [2.45, 2.75) is 6.54 Å². The average Bonchev–Trinajstić information content (AvgIpc) is 2.58. The first-order valence-corrected chi connectivity index (χ1v) is 7.36. The summed E-state index contributed by atoms with van der Waals surface area (Å²) in [5, 5.41) is 0. The van der Waals surface area contributed by atoms with E-state index in [0.29, 0.717) is 6.54 Å². The summed E-state index contributed by atoms with van der Waals surface area (Å²) < 4.78 is 1.55. The number of allylic oxidation sites excluding steroid dienone is 1. The van der Waals surface area contributed by atoms with E-state index in [0.717, 1.165) is 16.7 Å². The second kappa shape index (κ2) is 6.75. The molecular weight excluding hydrogens is 286 g/mol. The number of benzene rings is 2. The lowest BCUT2D eigenvalue weighted by atomic mass is 10.0. The molecule has 114 valence electrons. The van der Waals surface area contributed by atoms with Gasteiger partial charge in [-0.25, -0.2) is 4.79 Å². The molecule has 3 rings (SSSR count). The highest BCUT2D eigenvalue weighted by Gasteiger charge is 2.05. The molecule has 0 radical (unpaired) electrons. The van der Waals surface area contributed by atoms with Gasteiger partial charge in [-0.05, 0) is 28.8 Å². The average molecular weight is 303 g/mol. The smallest absolute Gasteiger partial charge is 0.349 e. The van der Waals surface area contributed by atoms with Crippen LogP contribution in [0.2, 0.25) is 0 Å². The minimum absolute atomic E-state index is 0.236. The fraction of sp³-hybridized carbons (Fsp3) is 0.0526. The number of rotatable bonds is 4. The lowest BCUT2D eigenvalue weighted by molar-refractivity contribution is 0.758. The summed E-state index contributed by atoms with van der Waals surface area (Å²) in [5.74, 6) is 0.236. The second-order valence-corrected chi connectivity index (χ2v) is 5.21. The first-order chi connectivity index (χ1) is 11.2. The third-order valence-electron chi connectivity index (χ3n) is 3.52. The van der Waals surface area contributed by atoms with Crippen LogP contribution in [0.4, 0.5) is 5.82 Å². The normalized spacial score (nSPS) is 11.4. The van der Waals surface area contributed by atoms with Gasteiger partial charge in [0.05, 0.1) is 6.54 Å². The third-order valence-corrected chi connectivity index (χ3v) is 3.52. The van der Waals surface area contributed by atoms with Gasteiger partial charge in [0.15, 0.2) is 0 Å². The molecule has 1 aromatic heterocycles. The topological polar surface area (TPSA) is 60.9 Å². The Bertz CT molecular complexity index is 868. The second-order valence-electron chi connectivity index (χ2n) is 5.21. The van der Waals surface area contributed by atoms with Gasteiger partial charge in [0.25, 0.3) is 0 Å². The number of hydrogen-bond acceptors (Lipinski definition) is 3. The van der Waals surface area contributed by atoms with E-state index >= 15 is 0 Å². The van der Waals surface area contributed by atoms with Crippen molar-refractivity contribution in [3.05, 3.63) is 94.5 Å². The van der Waals surface area contributed by atoms with E-state index in [4.69, 9.17) is 5.73 Å². The van der Waals surface area contributed by atoms with Crippen molar-refractivity contribution in [2.75, 3.05) is 5.73 Å². The predicted molar refractivity (Wildman–Crippen MR) is 93.7 cm³/mol. The molecule has 0 aliphatic rings. The fourth-order valence-electron chi connectivity index (χ4n) is 2.37. The molecule has 0 spiro atoms. The van der Waals surface area contributed by atoms with Crippen molar-refractivity contribution in [1.82, 2.24) is 9.55 Å². The third kappa shape index (κ3) is 3.74. The molecule has 0 aliphatic carbocycles. The van der Waals surface area contributed by atoms with Crippen LogP contribution in [0.15, 0.2) is 77.7 Å². The van der Waals surface area contributed by atoms with Crippen LogP contribution in [0.1, 0.15) is 11.1 Å². The van der Waals surface area contributed by atoms with E-state index in [1.165, 1.54) is 0 Å². The summed E-state index contributed by atoms with van der Waals surface area (Å²) in [5.41, 5.74) is 8.39. The zero-order chi connectivity index (χ0) is 16.1. The molecule has 0 aliphatic heterocycles. The summed E-state index contributed by atoms with van der Waals surface area (Å²) in [7, 11) is 0. The molecule has 3 aromatic rings. The molecule has 1 heterocycles. The predicted octanol–water partition coefficient (Wildman–Crippen LogP) is 3.07. The van der Waals surface area contributed by atoms with Gasteiger partial charge in [-0.15, -0.1) is 0 Å². The molecule has 0 amide bonds. The molecule has 0 atom stereocenters. The zero-order valence-electron chi connectivity index (χ0n) is 12.6. The van der Waals surface area contributed by atoms with Gasteiger partial charge in [0.2, 0.25) is 0 Å². The molecule has 4 nitrogen and oxygen atoms in total. The van der Waals surface area contributed by atoms with Crippen molar-refractivity contribution in [3.63, 3.8) is 0 Å². The van der Waals surface area contributed by atoms with E-state index in [2.05, 4.69) is 11.1 Å². The first-order valence-electron chi connectivity index (χ1n) is 7.36. The highest BCUT2D eigenvalue weighted by molar-refractivity contribution is 5.81. The quantitative estimate of drug-likeness (QED) is 0.754. The van der Waals surface area contributed by atoms with E-state index in [1.54, 1.807) is 16.8 Å². The molecule has 2 N–H and O–H groups in total. The molecule has 0 saturated heterocycles. The zero-order valence-corrected chi connectivity index (χ0v) is 12.6. The maximum Gasteiger partial charge on any atom is 0.349 e. The SMILES string of the molecule is Nc1ccn(CC(=Cc2ccccc2)c2ccccc2)c(=O)n1. The van der Waals surface area contributed by atoms with E-state index < -0.39 is 0 Å². The van der Waals surface area contributed by atoms with E-state index in [1.807, 2.05) is 60.7 Å². The van der Waals surface area contributed by atoms with Gasteiger partial charge in [0, 0.05) is 6.20 Å². The number of nitrogen functional groups attached to an aromatic ring is 1. The Morgan fingerprint density at radius 1 is 1.00 bits per heavy atom. The molecule has 0 bridgehead atoms. The lowest BCUT2D eigenvalue weighted by Crippen LogP contribution is -2.23. The maximum atomic E-state index is 12.0. The molecule has 0 fully saturated rings. The Morgan fingerprint density at radius 3 is 2.30 bits per heavy atom. The molecule has 0 unspecified atom stereocenters. The first kappa shape index (κ1) is 14.8. The van der Waals surface area contributed by atoms with Crippen molar-refractivity contribution < 1.29 is 0 Å². The summed E-state index contributed by atoms with van der Waals surface area (Å²) in [4.78, 5) is 15.8.